The first kappa shape index (κ1) is 25.1. The second-order valence-electron chi connectivity index (χ2n) is 10.1. The molecule has 0 N–H and O–H groups in total. The molecule has 2 saturated heterocycles. The second kappa shape index (κ2) is 11.2. The highest BCUT2D eigenvalue weighted by Gasteiger charge is 2.46. The molecule has 3 fully saturated rings. The monoisotopic (exact) mass is 496 g/mol. The van der Waals surface area contributed by atoms with E-state index in [9.17, 15) is 4.79 Å². The highest BCUT2D eigenvalue weighted by Crippen LogP contribution is 2.38. The van der Waals surface area contributed by atoms with Crippen LogP contribution in [0.2, 0.25) is 10.0 Å². The molecule has 4 rings (SSSR count). The molecule has 0 radical (unpaired) electrons. The third kappa shape index (κ3) is 5.63. The van der Waals surface area contributed by atoms with Crippen molar-refractivity contribution in [2.24, 2.45) is 5.92 Å². The van der Waals surface area contributed by atoms with E-state index in [1.54, 1.807) is 7.11 Å². The van der Waals surface area contributed by atoms with Crippen molar-refractivity contribution in [1.82, 2.24) is 9.80 Å². The number of benzene rings is 1. The molecule has 7 heteroatoms. The number of ether oxygens (including phenoxy) is 2. The summed E-state index contributed by atoms with van der Waals surface area (Å²) in [5, 5.41) is 1.16. The molecule has 1 saturated carbocycles. The van der Waals surface area contributed by atoms with Crippen molar-refractivity contribution in [2.45, 2.75) is 76.4 Å². The summed E-state index contributed by atoms with van der Waals surface area (Å²) in [4.78, 5) is 17.8. The molecule has 2 heterocycles. The maximum atomic E-state index is 12.7. The van der Waals surface area contributed by atoms with Crippen LogP contribution in [0, 0.1) is 12.8 Å². The molecule has 33 heavy (non-hydrogen) atoms. The maximum absolute atomic E-state index is 12.7. The van der Waals surface area contributed by atoms with Gasteiger partial charge in [0.1, 0.15) is 17.4 Å². The zero-order valence-electron chi connectivity index (χ0n) is 20.1. The third-order valence-electron chi connectivity index (χ3n) is 8.10. The van der Waals surface area contributed by atoms with Gasteiger partial charge < -0.3 is 14.4 Å². The lowest BCUT2D eigenvalue weighted by Crippen LogP contribution is -2.58. The van der Waals surface area contributed by atoms with Gasteiger partial charge in [-0.15, -0.1) is 0 Å². The first-order valence-electron chi connectivity index (χ1n) is 12.6. The van der Waals surface area contributed by atoms with Crippen LogP contribution >= 0.6 is 23.2 Å². The number of likely N-dealkylation sites (tertiary alicyclic amines) is 2. The van der Waals surface area contributed by atoms with Crippen molar-refractivity contribution in [1.29, 1.82) is 0 Å². The summed E-state index contributed by atoms with van der Waals surface area (Å²) in [7, 11) is 1.54. The second-order valence-corrected chi connectivity index (χ2v) is 10.9. The standard InChI is InChI=1S/C26H38Cl2N2O3/c1-19-23(7-6-22(27)24(19)28)33-21-10-14-29(15-11-21)18-20-8-16-30(17-9-20)26(25(31)32-2)12-4-3-5-13-26/h6-7,20-21H,3-5,8-18H2,1-2H3. The minimum atomic E-state index is -0.365. The van der Waals surface area contributed by atoms with Crippen molar-refractivity contribution in [3.8, 4) is 5.75 Å². The lowest BCUT2D eigenvalue weighted by molar-refractivity contribution is -0.159. The van der Waals surface area contributed by atoms with Gasteiger partial charge in [-0.2, -0.15) is 0 Å². The van der Waals surface area contributed by atoms with E-state index >= 15 is 0 Å². The normalized spacial score (nSPS) is 23.4. The average molecular weight is 498 g/mol. The molecule has 0 spiro atoms. The first-order chi connectivity index (χ1) is 15.9. The van der Waals surface area contributed by atoms with Crippen molar-refractivity contribution in [3.05, 3.63) is 27.7 Å². The van der Waals surface area contributed by atoms with Crippen LogP contribution in [0.5, 0.6) is 5.75 Å². The van der Waals surface area contributed by atoms with Gasteiger partial charge in [0.15, 0.2) is 0 Å². The number of nitrogens with zero attached hydrogens (tertiary/aromatic N) is 2. The Morgan fingerprint density at radius 2 is 1.70 bits per heavy atom. The SMILES string of the molecule is COC(=O)C1(N2CCC(CN3CCC(Oc4ccc(Cl)c(Cl)c4C)CC3)CC2)CCCCC1. The summed E-state index contributed by atoms with van der Waals surface area (Å²) in [6.07, 6.45) is 10.0. The molecule has 184 valence electrons. The van der Waals surface area contributed by atoms with Gasteiger partial charge in [-0.1, -0.05) is 42.5 Å². The van der Waals surface area contributed by atoms with Gasteiger partial charge in [0.05, 0.1) is 17.2 Å². The number of methoxy groups -OCH3 is 1. The summed E-state index contributed by atoms with van der Waals surface area (Å²) < 4.78 is 11.5. The fourth-order valence-electron chi connectivity index (χ4n) is 6.04. The smallest absolute Gasteiger partial charge is 0.326 e. The van der Waals surface area contributed by atoms with Gasteiger partial charge in [-0.05, 0) is 76.6 Å². The van der Waals surface area contributed by atoms with E-state index in [0.717, 1.165) is 95.4 Å². The van der Waals surface area contributed by atoms with E-state index in [1.807, 2.05) is 19.1 Å². The van der Waals surface area contributed by atoms with E-state index in [0.29, 0.717) is 16.0 Å². The van der Waals surface area contributed by atoms with Crippen LogP contribution in [0.15, 0.2) is 12.1 Å². The number of rotatable bonds is 6. The number of piperidine rings is 2. The zero-order valence-corrected chi connectivity index (χ0v) is 21.6. The molecule has 1 aliphatic carbocycles. The van der Waals surface area contributed by atoms with Gasteiger partial charge in [0.2, 0.25) is 0 Å². The Labute approximate surface area is 208 Å². The minimum absolute atomic E-state index is 0.0140. The Morgan fingerprint density at radius 3 is 2.33 bits per heavy atom. The van der Waals surface area contributed by atoms with Crippen LogP contribution in [0.3, 0.4) is 0 Å². The Bertz CT molecular complexity index is 812. The highest BCUT2D eigenvalue weighted by atomic mass is 35.5. The Balaban J connectivity index is 1.23. The summed E-state index contributed by atoms with van der Waals surface area (Å²) in [5.41, 5.74) is 0.553. The van der Waals surface area contributed by atoms with Gasteiger partial charge in [0, 0.05) is 25.2 Å². The molecule has 3 aliphatic rings. The van der Waals surface area contributed by atoms with E-state index in [1.165, 1.54) is 6.42 Å². The van der Waals surface area contributed by atoms with E-state index < -0.39 is 0 Å². The largest absolute Gasteiger partial charge is 0.490 e. The summed E-state index contributed by atoms with van der Waals surface area (Å²) >= 11 is 12.4. The predicted octanol–water partition coefficient (Wildman–Crippen LogP) is 5.73. The van der Waals surface area contributed by atoms with Gasteiger partial charge in [0.25, 0.3) is 0 Å². The molecule has 1 aromatic carbocycles. The molecule has 0 unspecified atom stereocenters. The van der Waals surface area contributed by atoms with Gasteiger partial charge >= 0.3 is 5.97 Å². The van der Waals surface area contributed by atoms with Crippen molar-refractivity contribution < 1.29 is 14.3 Å². The number of hydrogen-bond donors (Lipinski definition) is 0. The number of halogens is 2. The quantitative estimate of drug-likeness (QED) is 0.470. The molecule has 0 bridgehead atoms. The molecular weight excluding hydrogens is 459 g/mol. The van der Waals surface area contributed by atoms with E-state index in [-0.39, 0.29) is 17.6 Å². The third-order valence-corrected chi connectivity index (χ3v) is 9.00. The van der Waals surface area contributed by atoms with Crippen LogP contribution in [0.1, 0.15) is 63.4 Å². The molecule has 5 nitrogen and oxygen atoms in total. The van der Waals surface area contributed by atoms with Crippen LogP contribution in [-0.4, -0.2) is 67.2 Å². The number of esters is 1. The summed E-state index contributed by atoms with van der Waals surface area (Å²) in [5.74, 6) is 1.53. The first-order valence-corrected chi connectivity index (χ1v) is 13.4. The van der Waals surface area contributed by atoms with Crippen LogP contribution < -0.4 is 4.74 Å². The van der Waals surface area contributed by atoms with E-state index in [4.69, 9.17) is 32.7 Å². The van der Waals surface area contributed by atoms with Gasteiger partial charge in [-0.25, -0.2) is 0 Å². The average Bonchev–Trinajstić information content (AvgIpc) is 2.86. The van der Waals surface area contributed by atoms with Crippen molar-refractivity contribution in [3.63, 3.8) is 0 Å². The fraction of sp³-hybridized carbons (Fsp3) is 0.731. The number of hydrogen-bond acceptors (Lipinski definition) is 5. The van der Waals surface area contributed by atoms with Crippen LogP contribution in [-0.2, 0) is 9.53 Å². The minimum Gasteiger partial charge on any atom is -0.490 e. The molecule has 2 aliphatic heterocycles. The topological polar surface area (TPSA) is 42.0 Å². The number of carbonyl (C=O) groups excluding carboxylic acids is 1. The highest BCUT2D eigenvalue weighted by molar-refractivity contribution is 6.42. The van der Waals surface area contributed by atoms with Crippen molar-refractivity contribution >= 4 is 29.2 Å². The lowest BCUT2D eigenvalue weighted by atomic mass is 9.78. The number of carbonyl (C=O) groups is 1. The fourth-order valence-corrected chi connectivity index (χ4v) is 6.40. The maximum Gasteiger partial charge on any atom is 0.326 e. The molecule has 0 atom stereocenters. The Morgan fingerprint density at radius 1 is 1.03 bits per heavy atom. The predicted molar refractivity (Wildman–Crippen MR) is 133 cm³/mol. The Hall–Kier alpha value is -1.01. The van der Waals surface area contributed by atoms with Crippen molar-refractivity contribution in [2.75, 3.05) is 39.8 Å². The van der Waals surface area contributed by atoms with Crippen LogP contribution in [0.25, 0.3) is 0 Å². The van der Waals surface area contributed by atoms with E-state index in [2.05, 4.69) is 9.80 Å². The lowest BCUT2D eigenvalue weighted by Gasteiger charge is -2.47. The van der Waals surface area contributed by atoms with Gasteiger partial charge in [-0.3, -0.25) is 9.69 Å². The zero-order chi connectivity index (χ0) is 23.4. The van der Waals surface area contributed by atoms with Crippen LogP contribution in [0.4, 0.5) is 0 Å². The molecule has 0 aromatic heterocycles. The molecule has 1 aromatic rings. The Kier molecular flexibility index (Phi) is 8.48. The summed E-state index contributed by atoms with van der Waals surface area (Å²) in [6, 6.07) is 3.74. The molecule has 0 amide bonds. The molecular formula is C26H38Cl2N2O3. The summed E-state index contributed by atoms with van der Waals surface area (Å²) in [6.45, 7) is 7.26.